The van der Waals surface area contributed by atoms with Crippen LogP contribution in [0.25, 0.3) is 0 Å². The first-order valence-electron chi connectivity index (χ1n) is 10.2. The van der Waals surface area contributed by atoms with E-state index in [4.69, 9.17) is 10.5 Å². The normalized spacial score (nSPS) is 38.7. The second kappa shape index (κ2) is 6.61. The molecule has 0 aliphatic heterocycles. The third kappa shape index (κ3) is 2.58. The van der Waals surface area contributed by atoms with Crippen molar-refractivity contribution in [3.63, 3.8) is 0 Å². The molecule has 4 fully saturated rings. The van der Waals surface area contributed by atoms with Crippen LogP contribution in [0, 0.1) is 17.8 Å². The van der Waals surface area contributed by atoms with Gasteiger partial charge in [0.25, 0.3) is 5.91 Å². The molecule has 0 saturated heterocycles. The van der Waals surface area contributed by atoms with E-state index in [-0.39, 0.29) is 11.5 Å². The minimum Gasteiger partial charge on any atom is -0.372 e. The molecule has 1 amide bonds. The molecule has 0 radical (unpaired) electrons. The molecule has 144 valence electrons. The minimum atomic E-state index is -0.337. The van der Waals surface area contributed by atoms with E-state index < -0.39 is 0 Å². The van der Waals surface area contributed by atoms with Gasteiger partial charge in [-0.05, 0) is 62.6 Å². The average molecular weight is 377 g/mol. The molecule has 4 aliphatic rings. The Morgan fingerprint density at radius 3 is 2.58 bits per heavy atom. The number of rotatable bonds is 7. The number of carbonyl (C=O) groups is 1. The molecule has 1 aromatic rings. The molecule has 0 aromatic carbocycles. The minimum absolute atomic E-state index is 0.298. The first kappa shape index (κ1) is 18.5. The molecule has 4 aliphatic carbocycles. The van der Waals surface area contributed by atoms with Gasteiger partial charge in [-0.2, -0.15) is 0 Å². The maximum Gasteiger partial charge on any atom is 0.258 e. The van der Waals surface area contributed by atoms with Crippen LogP contribution in [0.2, 0.25) is 0 Å². The zero-order chi connectivity index (χ0) is 18.5. The molecule has 1 heterocycles. The first-order valence-corrected chi connectivity index (χ1v) is 11.0. The van der Waals surface area contributed by atoms with Crippen molar-refractivity contribution in [1.29, 1.82) is 0 Å². The van der Waals surface area contributed by atoms with E-state index in [1.165, 1.54) is 54.7 Å². The fourth-order valence-electron chi connectivity index (χ4n) is 6.07. The Bertz CT molecular complexity index is 670. The Labute approximate surface area is 161 Å². The van der Waals surface area contributed by atoms with Crippen LogP contribution in [0.3, 0.4) is 0 Å². The van der Waals surface area contributed by atoms with E-state index in [1.54, 1.807) is 0 Å². The zero-order valence-electron chi connectivity index (χ0n) is 16.3. The molecule has 26 heavy (non-hydrogen) atoms. The predicted octanol–water partition coefficient (Wildman–Crippen LogP) is 4.00. The highest BCUT2D eigenvalue weighted by molar-refractivity contribution is 7.14. The van der Waals surface area contributed by atoms with Gasteiger partial charge in [0, 0.05) is 30.0 Å². The van der Waals surface area contributed by atoms with Gasteiger partial charge < -0.3 is 10.5 Å². The van der Waals surface area contributed by atoms with Crippen LogP contribution in [0.15, 0.2) is 12.1 Å². The van der Waals surface area contributed by atoms with Crippen LogP contribution in [-0.2, 0) is 10.3 Å². The Balaban J connectivity index is 1.64. The molecule has 1 aromatic heterocycles. The topological polar surface area (TPSA) is 55.6 Å². The van der Waals surface area contributed by atoms with Gasteiger partial charge in [0.2, 0.25) is 0 Å². The maximum absolute atomic E-state index is 11.6. The summed E-state index contributed by atoms with van der Waals surface area (Å²) in [5.41, 5.74) is 5.72. The van der Waals surface area contributed by atoms with Crippen molar-refractivity contribution in [2.75, 3.05) is 20.2 Å². The van der Waals surface area contributed by atoms with Crippen LogP contribution in [0.1, 0.15) is 66.9 Å². The Hall–Kier alpha value is -0.910. The molecular formula is C21H32N2O2S. The van der Waals surface area contributed by atoms with E-state index >= 15 is 0 Å². The average Bonchev–Trinajstić information content (AvgIpc) is 3.02. The van der Waals surface area contributed by atoms with Crippen molar-refractivity contribution in [2.24, 2.45) is 23.5 Å². The molecule has 0 spiro atoms. The molecule has 5 heteroatoms. The lowest BCUT2D eigenvalue weighted by Gasteiger charge is -2.67. The number of primary amides is 1. The second-order valence-corrected chi connectivity index (χ2v) is 9.88. The van der Waals surface area contributed by atoms with Gasteiger partial charge in [-0.25, -0.2) is 0 Å². The summed E-state index contributed by atoms with van der Waals surface area (Å²) in [4.78, 5) is 16.2. The number of carbonyl (C=O) groups excluding carboxylic acids is 1. The number of hydrogen-bond acceptors (Lipinski definition) is 4. The van der Waals surface area contributed by atoms with Crippen LogP contribution < -0.4 is 5.73 Å². The molecule has 2 bridgehead atoms. The van der Waals surface area contributed by atoms with Crippen molar-refractivity contribution >= 4 is 17.2 Å². The van der Waals surface area contributed by atoms with E-state index in [0.29, 0.717) is 22.3 Å². The lowest BCUT2D eigenvalue weighted by atomic mass is 9.49. The van der Waals surface area contributed by atoms with Crippen LogP contribution in [0.5, 0.6) is 0 Å². The molecule has 3 unspecified atom stereocenters. The highest BCUT2D eigenvalue weighted by Gasteiger charge is 2.60. The Morgan fingerprint density at radius 2 is 2.08 bits per heavy atom. The molecule has 4 nitrogen and oxygen atoms in total. The number of thiophene rings is 1. The van der Waals surface area contributed by atoms with Gasteiger partial charge in [-0.15, -0.1) is 11.3 Å². The summed E-state index contributed by atoms with van der Waals surface area (Å²) < 4.78 is 6.34. The van der Waals surface area contributed by atoms with Gasteiger partial charge in [0.05, 0.1) is 4.88 Å². The maximum atomic E-state index is 11.6. The molecule has 2 N–H and O–H groups in total. The predicted molar refractivity (Wildman–Crippen MR) is 105 cm³/mol. The number of hydrogen-bond donors (Lipinski definition) is 1. The van der Waals surface area contributed by atoms with Gasteiger partial charge in [-0.3, -0.25) is 9.69 Å². The number of methoxy groups -OCH3 is 1. The van der Waals surface area contributed by atoms with E-state index in [2.05, 4.69) is 24.8 Å². The van der Waals surface area contributed by atoms with E-state index in [9.17, 15) is 4.79 Å². The molecule has 5 rings (SSSR count). The Kier molecular flexibility index (Phi) is 4.69. The van der Waals surface area contributed by atoms with Gasteiger partial charge in [0.15, 0.2) is 0 Å². The largest absolute Gasteiger partial charge is 0.372 e. The van der Waals surface area contributed by atoms with Crippen molar-refractivity contribution in [2.45, 2.75) is 63.5 Å². The third-order valence-corrected chi connectivity index (χ3v) is 8.83. The smallest absolute Gasteiger partial charge is 0.258 e. The number of nitrogens with zero attached hydrogens (tertiary/aromatic N) is 1. The number of ether oxygens (including phenoxy) is 1. The van der Waals surface area contributed by atoms with Crippen LogP contribution >= 0.6 is 11.3 Å². The van der Waals surface area contributed by atoms with Crippen LogP contribution in [-0.4, -0.2) is 36.5 Å². The molecule has 4 saturated carbocycles. The summed E-state index contributed by atoms with van der Waals surface area (Å²) in [5.74, 6) is 1.57. The third-order valence-electron chi connectivity index (χ3n) is 7.60. The molecular weight excluding hydrogens is 344 g/mol. The number of amides is 1. The summed E-state index contributed by atoms with van der Waals surface area (Å²) in [6.45, 7) is 6.84. The number of nitrogens with two attached hydrogens (primary N) is 1. The first-order chi connectivity index (χ1) is 12.4. The van der Waals surface area contributed by atoms with E-state index in [1.807, 2.05) is 13.2 Å². The molecule has 3 atom stereocenters. The van der Waals surface area contributed by atoms with Crippen molar-refractivity contribution < 1.29 is 9.53 Å². The van der Waals surface area contributed by atoms with E-state index in [0.717, 1.165) is 19.0 Å². The van der Waals surface area contributed by atoms with Crippen molar-refractivity contribution in [3.8, 4) is 0 Å². The summed E-state index contributed by atoms with van der Waals surface area (Å²) in [6, 6.07) is 3.96. The lowest BCUT2D eigenvalue weighted by Crippen LogP contribution is -2.69. The van der Waals surface area contributed by atoms with Crippen LogP contribution in [0.4, 0.5) is 0 Å². The standard InChI is InChI=1S/C21H32N2O2S/c1-4-23(20-10-15(11-20)12-20)13-16-7-5-6-14(2)21(16,25-3)18-9-8-17(26-18)19(22)24/h8-9,14-16H,4-7,10-13H2,1-3H3,(H2,22,24). The van der Waals surface area contributed by atoms with Crippen molar-refractivity contribution in [3.05, 3.63) is 21.9 Å². The monoisotopic (exact) mass is 376 g/mol. The summed E-state index contributed by atoms with van der Waals surface area (Å²) in [5, 5.41) is 0. The quantitative estimate of drug-likeness (QED) is 0.782. The highest BCUT2D eigenvalue weighted by atomic mass is 32.1. The fraction of sp³-hybridized carbons (Fsp3) is 0.762. The van der Waals surface area contributed by atoms with Gasteiger partial charge in [-0.1, -0.05) is 20.3 Å². The summed E-state index contributed by atoms with van der Waals surface area (Å²) in [6.07, 6.45) is 7.82. The zero-order valence-corrected chi connectivity index (χ0v) is 17.1. The Morgan fingerprint density at radius 1 is 1.35 bits per heavy atom. The summed E-state index contributed by atoms with van der Waals surface area (Å²) >= 11 is 1.53. The second-order valence-electron chi connectivity index (χ2n) is 8.80. The SMILES string of the molecule is CCN(CC1CCCC(C)C1(OC)c1ccc(C(N)=O)s1)C12CC(C1)C2. The van der Waals surface area contributed by atoms with Gasteiger partial charge in [0.1, 0.15) is 5.60 Å². The van der Waals surface area contributed by atoms with Crippen molar-refractivity contribution in [1.82, 2.24) is 4.90 Å². The lowest BCUT2D eigenvalue weighted by molar-refractivity contribution is -0.177. The van der Waals surface area contributed by atoms with Gasteiger partial charge >= 0.3 is 0 Å². The fourth-order valence-corrected chi connectivity index (χ4v) is 7.29. The summed E-state index contributed by atoms with van der Waals surface area (Å²) in [7, 11) is 1.86. The highest BCUT2D eigenvalue weighted by Crippen LogP contribution is 2.61.